The first-order valence-electron chi connectivity index (χ1n) is 8.71. The molecule has 0 saturated carbocycles. The summed E-state index contributed by atoms with van der Waals surface area (Å²) in [6.45, 7) is 0. The first kappa shape index (κ1) is 19.6. The summed E-state index contributed by atoms with van der Waals surface area (Å²) in [6.07, 6.45) is 1.68. The summed E-state index contributed by atoms with van der Waals surface area (Å²) >= 11 is 3.39. The van der Waals surface area contributed by atoms with Crippen LogP contribution in [0.4, 0.5) is 5.69 Å². The maximum Gasteiger partial charge on any atom is 0.274 e. The highest BCUT2D eigenvalue weighted by atomic mass is 79.9. The van der Waals surface area contributed by atoms with Crippen LogP contribution in [-0.4, -0.2) is 18.9 Å². The molecule has 0 aliphatic rings. The smallest absolute Gasteiger partial charge is 0.274 e. The number of halogens is 1. The molecule has 3 aromatic rings. The summed E-state index contributed by atoms with van der Waals surface area (Å²) in [5.41, 5.74) is 2.23. The number of likely N-dealkylation sites (N-methyl/N-ethyl adjacent to an activating group) is 1. The minimum absolute atomic E-state index is 0.200. The van der Waals surface area contributed by atoms with Gasteiger partial charge in [-0.15, -0.1) is 0 Å². The summed E-state index contributed by atoms with van der Waals surface area (Å²) in [5, 5.41) is 2.77. The lowest BCUT2D eigenvalue weighted by atomic mass is 10.1. The van der Waals surface area contributed by atoms with Crippen molar-refractivity contribution in [3.63, 3.8) is 0 Å². The van der Waals surface area contributed by atoms with Crippen molar-refractivity contribution in [2.75, 3.05) is 11.9 Å². The van der Waals surface area contributed by atoms with Gasteiger partial charge in [-0.3, -0.25) is 9.59 Å². The van der Waals surface area contributed by atoms with Gasteiger partial charge in [-0.1, -0.05) is 64.5 Å². The molecule has 0 aromatic heterocycles. The van der Waals surface area contributed by atoms with Crippen LogP contribution in [0.25, 0.3) is 6.08 Å². The van der Waals surface area contributed by atoms with Gasteiger partial charge in [0.25, 0.3) is 11.8 Å². The van der Waals surface area contributed by atoms with Crippen LogP contribution >= 0.6 is 15.9 Å². The topological polar surface area (TPSA) is 49.4 Å². The summed E-state index contributed by atoms with van der Waals surface area (Å²) in [6, 6.07) is 25.6. The molecule has 1 N–H and O–H groups in total. The molecule has 0 bridgehead atoms. The number of carbonyl (C=O) groups is 2. The lowest BCUT2D eigenvalue weighted by Crippen LogP contribution is -2.36. The Hall–Kier alpha value is -3.18. The van der Waals surface area contributed by atoms with Crippen molar-refractivity contribution in [2.45, 2.75) is 0 Å². The van der Waals surface area contributed by atoms with Crippen molar-refractivity contribution >= 4 is 39.5 Å². The minimum atomic E-state index is -0.333. The van der Waals surface area contributed by atoms with Gasteiger partial charge in [0.15, 0.2) is 0 Å². The van der Waals surface area contributed by atoms with Gasteiger partial charge in [0.05, 0.1) is 0 Å². The average Bonchev–Trinajstić information content (AvgIpc) is 2.74. The number of rotatable bonds is 5. The van der Waals surface area contributed by atoms with E-state index in [-0.39, 0.29) is 17.5 Å². The first-order valence-corrected chi connectivity index (χ1v) is 9.50. The normalized spacial score (nSPS) is 11.0. The lowest BCUT2D eigenvalue weighted by molar-refractivity contribution is -0.115. The maximum absolute atomic E-state index is 13.1. The molecule has 3 aromatic carbocycles. The van der Waals surface area contributed by atoms with Crippen molar-refractivity contribution in [2.24, 2.45) is 0 Å². The number of hydrogen-bond acceptors (Lipinski definition) is 2. The highest BCUT2D eigenvalue weighted by Gasteiger charge is 2.19. The number of amides is 2. The number of nitrogens with zero attached hydrogens (tertiary/aromatic N) is 1. The predicted molar refractivity (Wildman–Crippen MR) is 116 cm³/mol. The molecular formula is C23H19BrN2O2. The first-order chi connectivity index (χ1) is 13.5. The van der Waals surface area contributed by atoms with Crippen molar-refractivity contribution in [3.8, 4) is 0 Å². The Balaban J connectivity index is 1.91. The van der Waals surface area contributed by atoms with Gasteiger partial charge in [-0.25, -0.2) is 0 Å². The second-order valence-corrected chi connectivity index (χ2v) is 7.05. The Kier molecular flexibility index (Phi) is 6.40. The monoisotopic (exact) mass is 434 g/mol. The molecule has 5 heteroatoms. The van der Waals surface area contributed by atoms with Crippen LogP contribution in [0.1, 0.15) is 15.9 Å². The molecular weight excluding hydrogens is 416 g/mol. The van der Waals surface area contributed by atoms with Gasteiger partial charge in [0.1, 0.15) is 5.70 Å². The highest BCUT2D eigenvalue weighted by Crippen LogP contribution is 2.19. The summed E-state index contributed by atoms with van der Waals surface area (Å²) < 4.78 is 0.925. The van der Waals surface area contributed by atoms with E-state index in [1.165, 1.54) is 4.90 Å². The molecule has 0 atom stereocenters. The molecule has 140 valence electrons. The SMILES string of the molecule is CN(C(=O)/C(=C/c1ccccc1)NC(=O)c1ccccc1)c1ccc(Br)cc1. The zero-order valence-corrected chi connectivity index (χ0v) is 16.9. The van der Waals surface area contributed by atoms with Crippen molar-refractivity contribution in [1.29, 1.82) is 0 Å². The van der Waals surface area contributed by atoms with Crippen molar-refractivity contribution in [1.82, 2.24) is 5.32 Å². The quantitative estimate of drug-likeness (QED) is 0.581. The zero-order chi connectivity index (χ0) is 19.9. The van der Waals surface area contributed by atoms with E-state index in [4.69, 9.17) is 0 Å². The van der Waals surface area contributed by atoms with E-state index in [9.17, 15) is 9.59 Å². The zero-order valence-electron chi connectivity index (χ0n) is 15.3. The molecule has 0 saturated heterocycles. The summed E-state index contributed by atoms with van der Waals surface area (Å²) in [4.78, 5) is 27.3. The number of nitrogens with one attached hydrogen (secondary N) is 1. The minimum Gasteiger partial charge on any atom is -0.317 e. The average molecular weight is 435 g/mol. The Morgan fingerprint density at radius 3 is 2.04 bits per heavy atom. The standard InChI is InChI=1S/C23H19BrN2O2/c1-26(20-14-12-19(24)13-15-20)23(28)21(16-17-8-4-2-5-9-17)25-22(27)18-10-6-3-7-11-18/h2-16H,1H3,(H,25,27)/b21-16-. The van der Waals surface area contributed by atoms with Crippen molar-refractivity contribution < 1.29 is 9.59 Å². The van der Waals surface area contributed by atoms with E-state index in [0.717, 1.165) is 15.7 Å². The molecule has 0 fully saturated rings. The second kappa shape index (κ2) is 9.15. The fourth-order valence-electron chi connectivity index (χ4n) is 2.61. The lowest BCUT2D eigenvalue weighted by Gasteiger charge is -2.20. The van der Waals surface area contributed by atoms with Crippen LogP contribution in [0.15, 0.2) is 95.1 Å². The summed E-state index contributed by atoms with van der Waals surface area (Å²) in [7, 11) is 1.68. The van der Waals surface area contributed by atoms with Crippen LogP contribution in [-0.2, 0) is 4.79 Å². The van der Waals surface area contributed by atoms with Crippen LogP contribution in [0, 0.1) is 0 Å². The maximum atomic E-state index is 13.1. The van der Waals surface area contributed by atoms with Crippen LogP contribution in [0.5, 0.6) is 0 Å². The third-order valence-corrected chi connectivity index (χ3v) is 4.67. The third kappa shape index (κ3) is 4.96. The van der Waals surface area contributed by atoms with Crippen LogP contribution in [0.3, 0.4) is 0 Å². The summed E-state index contributed by atoms with van der Waals surface area (Å²) in [5.74, 6) is -0.643. The van der Waals surface area contributed by atoms with E-state index >= 15 is 0 Å². The molecule has 0 radical (unpaired) electrons. The van der Waals surface area contributed by atoms with Gasteiger partial charge >= 0.3 is 0 Å². The molecule has 3 rings (SSSR count). The Morgan fingerprint density at radius 2 is 1.43 bits per heavy atom. The fourth-order valence-corrected chi connectivity index (χ4v) is 2.88. The largest absolute Gasteiger partial charge is 0.317 e. The third-order valence-electron chi connectivity index (χ3n) is 4.14. The number of carbonyl (C=O) groups excluding carboxylic acids is 2. The van der Waals surface area contributed by atoms with Crippen LogP contribution < -0.4 is 10.2 Å². The molecule has 0 aliphatic carbocycles. The Labute approximate surface area is 172 Å². The Morgan fingerprint density at radius 1 is 0.857 bits per heavy atom. The van der Waals surface area contributed by atoms with E-state index in [1.807, 2.05) is 60.7 Å². The van der Waals surface area contributed by atoms with Gasteiger partial charge in [-0.2, -0.15) is 0 Å². The second-order valence-electron chi connectivity index (χ2n) is 6.13. The van der Waals surface area contributed by atoms with Gasteiger partial charge < -0.3 is 10.2 Å². The van der Waals surface area contributed by atoms with Gasteiger partial charge in [0, 0.05) is 22.8 Å². The molecule has 0 heterocycles. The van der Waals surface area contributed by atoms with Gasteiger partial charge in [0.2, 0.25) is 0 Å². The van der Waals surface area contributed by atoms with Crippen LogP contribution in [0.2, 0.25) is 0 Å². The number of anilines is 1. The molecule has 0 aliphatic heterocycles. The Bertz CT molecular complexity index is 984. The van der Waals surface area contributed by atoms with E-state index in [2.05, 4.69) is 21.2 Å². The van der Waals surface area contributed by atoms with Gasteiger partial charge in [-0.05, 0) is 48.0 Å². The molecule has 28 heavy (non-hydrogen) atoms. The van der Waals surface area contributed by atoms with Crippen molar-refractivity contribution in [3.05, 3.63) is 106 Å². The number of hydrogen-bond donors (Lipinski definition) is 1. The van der Waals surface area contributed by atoms with E-state index in [1.54, 1.807) is 37.4 Å². The molecule has 2 amide bonds. The van der Waals surface area contributed by atoms with E-state index in [0.29, 0.717) is 5.56 Å². The number of benzene rings is 3. The highest BCUT2D eigenvalue weighted by molar-refractivity contribution is 9.10. The molecule has 4 nitrogen and oxygen atoms in total. The molecule has 0 spiro atoms. The molecule has 0 unspecified atom stereocenters. The fraction of sp³-hybridized carbons (Fsp3) is 0.0435. The van der Waals surface area contributed by atoms with E-state index < -0.39 is 0 Å². The predicted octanol–water partition coefficient (Wildman–Crippen LogP) is 4.88.